The monoisotopic (exact) mass is 266 g/mol. The number of aromatic nitrogens is 3. The molecule has 100 valence electrons. The molecule has 1 atom stereocenters. The fourth-order valence-corrected chi connectivity index (χ4v) is 2.85. The van der Waals surface area contributed by atoms with Crippen LogP contribution >= 0.6 is 0 Å². The Labute approximate surface area is 115 Å². The Morgan fingerprint density at radius 2 is 2.15 bits per heavy atom. The molecule has 0 radical (unpaired) electrons. The van der Waals surface area contributed by atoms with E-state index in [0.717, 1.165) is 40.8 Å². The number of aromatic amines is 2. The van der Waals surface area contributed by atoms with Crippen molar-refractivity contribution in [2.45, 2.75) is 12.5 Å². The van der Waals surface area contributed by atoms with E-state index in [1.54, 1.807) is 6.33 Å². The molecule has 0 saturated heterocycles. The van der Waals surface area contributed by atoms with Gasteiger partial charge in [0.25, 0.3) is 5.56 Å². The maximum atomic E-state index is 12.3. The summed E-state index contributed by atoms with van der Waals surface area (Å²) in [7, 11) is 0. The van der Waals surface area contributed by atoms with Crippen molar-refractivity contribution in [1.29, 1.82) is 0 Å². The van der Waals surface area contributed by atoms with Crippen LogP contribution in [0.2, 0.25) is 0 Å². The molecule has 3 aromatic rings. The molecule has 20 heavy (non-hydrogen) atoms. The predicted molar refractivity (Wildman–Crippen MR) is 76.7 cm³/mol. The maximum absolute atomic E-state index is 12.3. The normalized spacial score (nSPS) is 18.1. The number of hydrogen-bond acceptors (Lipinski definition) is 3. The van der Waals surface area contributed by atoms with Gasteiger partial charge in [0.15, 0.2) is 0 Å². The molecule has 0 saturated carbocycles. The van der Waals surface area contributed by atoms with E-state index >= 15 is 0 Å². The van der Waals surface area contributed by atoms with Gasteiger partial charge >= 0.3 is 0 Å². The maximum Gasteiger partial charge on any atom is 0.253 e. The van der Waals surface area contributed by atoms with Crippen LogP contribution in [0, 0.1) is 0 Å². The summed E-state index contributed by atoms with van der Waals surface area (Å²) in [5.74, 6) is 0. The van der Waals surface area contributed by atoms with Gasteiger partial charge in [-0.2, -0.15) is 0 Å². The van der Waals surface area contributed by atoms with Crippen molar-refractivity contribution in [3.63, 3.8) is 0 Å². The highest BCUT2D eigenvalue weighted by atomic mass is 16.1. The largest absolute Gasteiger partial charge is 0.348 e. The third kappa shape index (κ3) is 1.67. The van der Waals surface area contributed by atoms with Crippen molar-refractivity contribution in [2.24, 2.45) is 0 Å². The standard InChI is InChI=1S/C15H14N4O/c20-15-10(7-9-3-1-2-4-11(9)19-15)13-14-12(5-6-16-13)17-8-18-14/h1-4,7-8,13,16H,5-6H2,(H,17,18)(H,19,20)/t13-/m0/s1. The van der Waals surface area contributed by atoms with Crippen LogP contribution in [0.25, 0.3) is 10.9 Å². The average molecular weight is 266 g/mol. The molecule has 0 amide bonds. The number of H-pyrrole nitrogens is 2. The molecule has 2 aromatic heterocycles. The SMILES string of the molecule is O=c1[nH]c2ccccc2cc1[C@@H]1NCCc2[nH]cnc21. The average Bonchev–Trinajstić information content (AvgIpc) is 2.95. The predicted octanol–water partition coefficient (Wildman–Crippen LogP) is 1.49. The molecule has 0 unspecified atom stereocenters. The molecule has 1 aliphatic rings. The van der Waals surface area contributed by atoms with E-state index in [1.807, 2.05) is 30.3 Å². The fraction of sp³-hybridized carbons (Fsp3) is 0.200. The molecule has 1 aliphatic heterocycles. The molecule has 0 bridgehead atoms. The first kappa shape index (κ1) is 11.4. The van der Waals surface area contributed by atoms with Gasteiger partial charge in [-0.15, -0.1) is 0 Å². The molecule has 4 rings (SSSR count). The second kappa shape index (κ2) is 4.31. The van der Waals surface area contributed by atoms with Crippen molar-refractivity contribution in [1.82, 2.24) is 20.3 Å². The van der Waals surface area contributed by atoms with Gasteiger partial charge in [-0.3, -0.25) is 4.79 Å². The highest BCUT2D eigenvalue weighted by Crippen LogP contribution is 2.25. The lowest BCUT2D eigenvalue weighted by Crippen LogP contribution is -2.34. The summed E-state index contributed by atoms with van der Waals surface area (Å²) in [6.07, 6.45) is 2.61. The summed E-state index contributed by atoms with van der Waals surface area (Å²) in [4.78, 5) is 22.8. The highest BCUT2D eigenvalue weighted by molar-refractivity contribution is 5.78. The van der Waals surface area contributed by atoms with E-state index in [-0.39, 0.29) is 11.6 Å². The number of nitrogens with zero attached hydrogens (tertiary/aromatic N) is 1. The second-order valence-corrected chi connectivity index (χ2v) is 5.04. The number of hydrogen-bond donors (Lipinski definition) is 3. The minimum Gasteiger partial charge on any atom is -0.348 e. The number of benzene rings is 1. The lowest BCUT2D eigenvalue weighted by Gasteiger charge is -2.22. The van der Waals surface area contributed by atoms with Crippen LogP contribution in [0.15, 0.2) is 41.5 Å². The van der Waals surface area contributed by atoms with Crippen LogP contribution in [0.4, 0.5) is 0 Å². The molecular formula is C15H14N4O. The molecule has 5 nitrogen and oxygen atoms in total. The smallest absolute Gasteiger partial charge is 0.253 e. The zero-order valence-electron chi connectivity index (χ0n) is 10.8. The Kier molecular flexibility index (Phi) is 2.47. The number of pyridine rings is 1. The van der Waals surface area contributed by atoms with E-state index in [0.29, 0.717) is 0 Å². The zero-order valence-corrected chi connectivity index (χ0v) is 10.8. The summed E-state index contributed by atoms with van der Waals surface area (Å²) in [5, 5.41) is 4.41. The van der Waals surface area contributed by atoms with Crippen LogP contribution < -0.4 is 10.9 Å². The Morgan fingerprint density at radius 3 is 3.10 bits per heavy atom. The van der Waals surface area contributed by atoms with E-state index < -0.39 is 0 Å². The molecule has 0 aliphatic carbocycles. The van der Waals surface area contributed by atoms with Crippen LogP contribution in [0.5, 0.6) is 0 Å². The summed E-state index contributed by atoms with van der Waals surface area (Å²) < 4.78 is 0. The number of fused-ring (bicyclic) bond motifs is 2. The Hall–Kier alpha value is -2.40. The molecular weight excluding hydrogens is 252 g/mol. The lowest BCUT2D eigenvalue weighted by molar-refractivity contribution is 0.550. The van der Waals surface area contributed by atoms with E-state index in [9.17, 15) is 4.79 Å². The first-order valence-corrected chi connectivity index (χ1v) is 6.70. The molecule has 3 heterocycles. The number of para-hydroxylation sites is 1. The Bertz CT molecular complexity index is 833. The minimum atomic E-state index is -0.140. The van der Waals surface area contributed by atoms with Crippen LogP contribution in [0.1, 0.15) is 23.0 Å². The molecule has 0 fully saturated rings. The topological polar surface area (TPSA) is 73.6 Å². The summed E-state index contributed by atoms with van der Waals surface area (Å²) in [6, 6.07) is 9.62. The van der Waals surface area contributed by atoms with Crippen molar-refractivity contribution >= 4 is 10.9 Å². The Balaban J connectivity index is 1.92. The van der Waals surface area contributed by atoms with Gasteiger partial charge in [-0.25, -0.2) is 4.98 Å². The van der Waals surface area contributed by atoms with Crippen molar-refractivity contribution in [3.8, 4) is 0 Å². The third-order valence-electron chi connectivity index (χ3n) is 3.84. The molecule has 0 spiro atoms. The molecule has 5 heteroatoms. The second-order valence-electron chi connectivity index (χ2n) is 5.04. The quantitative estimate of drug-likeness (QED) is 0.624. The van der Waals surface area contributed by atoms with E-state index in [2.05, 4.69) is 20.3 Å². The number of rotatable bonds is 1. The highest BCUT2D eigenvalue weighted by Gasteiger charge is 2.25. The van der Waals surface area contributed by atoms with Crippen LogP contribution in [-0.4, -0.2) is 21.5 Å². The summed E-state index contributed by atoms with van der Waals surface area (Å²) in [6.45, 7) is 0.839. The van der Waals surface area contributed by atoms with Gasteiger partial charge in [0.05, 0.1) is 18.1 Å². The van der Waals surface area contributed by atoms with E-state index in [4.69, 9.17) is 0 Å². The van der Waals surface area contributed by atoms with Crippen molar-refractivity contribution in [2.75, 3.05) is 6.54 Å². The molecule has 3 N–H and O–H groups in total. The van der Waals surface area contributed by atoms with Gasteiger partial charge in [0, 0.05) is 29.7 Å². The third-order valence-corrected chi connectivity index (χ3v) is 3.84. The lowest BCUT2D eigenvalue weighted by atomic mass is 9.98. The summed E-state index contributed by atoms with van der Waals surface area (Å²) >= 11 is 0. The van der Waals surface area contributed by atoms with Gasteiger partial charge in [-0.05, 0) is 17.5 Å². The zero-order chi connectivity index (χ0) is 13.5. The van der Waals surface area contributed by atoms with E-state index in [1.165, 1.54) is 0 Å². The van der Waals surface area contributed by atoms with Gasteiger partial charge in [0.1, 0.15) is 0 Å². The first-order chi connectivity index (χ1) is 9.83. The fourth-order valence-electron chi connectivity index (χ4n) is 2.85. The van der Waals surface area contributed by atoms with Crippen LogP contribution in [-0.2, 0) is 6.42 Å². The van der Waals surface area contributed by atoms with Gasteiger partial charge < -0.3 is 15.3 Å². The van der Waals surface area contributed by atoms with Crippen molar-refractivity contribution in [3.05, 3.63) is 64.0 Å². The van der Waals surface area contributed by atoms with Gasteiger partial charge in [-0.1, -0.05) is 18.2 Å². The van der Waals surface area contributed by atoms with Gasteiger partial charge in [0.2, 0.25) is 0 Å². The van der Waals surface area contributed by atoms with Crippen LogP contribution in [0.3, 0.4) is 0 Å². The summed E-state index contributed by atoms with van der Waals surface area (Å²) in [5.41, 5.74) is 3.56. The molecule has 1 aromatic carbocycles. The number of nitrogens with one attached hydrogen (secondary N) is 3. The first-order valence-electron chi connectivity index (χ1n) is 6.70. The Morgan fingerprint density at radius 1 is 1.25 bits per heavy atom. The number of imidazole rings is 1. The van der Waals surface area contributed by atoms with Crippen molar-refractivity contribution < 1.29 is 0 Å². The minimum absolute atomic E-state index is 0.0583.